The van der Waals surface area contributed by atoms with Crippen molar-refractivity contribution in [2.75, 3.05) is 20.1 Å². The van der Waals surface area contributed by atoms with E-state index in [1.165, 1.54) is 4.31 Å². The third kappa shape index (κ3) is 3.06. The summed E-state index contributed by atoms with van der Waals surface area (Å²) in [5, 5.41) is 3.03. The number of nitrogens with one attached hydrogen (secondary N) is 1. The molecule has 0 aliphatic carbocycles. The van der Waals surface area contributed by atoms with Crippen molar-refractivity contribution >= 4 is 10.0 Å². The van der Waals surface area contributed by atoms with Gasteiger partial charge in [-0.2, -0.15) is 4.31 Å². The zero-order valence-electron chi connectivity index (χ0n) is 12.5. The molecule has 1 fully saturated rings. The van der Waals surface area contributed by atoms with Crippen LogP contribution in [-0.2, 0) is 28.4 Å². The molecular formula is C13H23N3O3S. The van der Waals surface area contributed by atoms with Crippen LogP contribution in [0.1, 0.15) is 19.5 Å². The van der Waals surface area contributed by atoms with E-state index >= 15 is 0 Å². The van der Waals surface area contributed by atoms with Crippen molar-refractivity contribution in [1.29, 1.82) is 0 Å². The lowest BCUT2D eigenvalue weighted by atomic mass is 10.3. The Labute approximate surface area is 120 Å². The Bertz CT molecular complexity index is 557. The molecule has 0 bridgehead atoms. The predicted molar refractivity (Wildman–Crippen MR) is 76.9 cm³/mol. The minimum absolute atomic E-state index is 0.0750. The average Bonchev–Trinajstić information content (AvgIpc) is 2.71. The first-order chi connectivity index (χ1) is 9.34. The first-order valence-electron chi connectivity index (χ1n) is 6.80. The molecule has 1 aromatic rings. The van der Waals surface area contributed by atoms with Gasteiger partial charge in [0.1, 0.15) is 4.90 Å². The number of aromatic nitrogens is 1. The van der Waals surface area contributed by atoms with Crippen LogP contribution in [0, 0.1) is 0 Å². The van der Waals surface area contributed by atoms with Gasteiger partial charge in [0.05, 0.1) is 12.2 Å². The predicted octanol–water partition coefficient (Wildman–Crippen LogP) is 0.542. The molecular weight excluding hydrogens is 278 g/mol. The normalized spacial score (nSPS) is 25.0. The second kappa shape index (κ2) is 5.85. The van der Waals surface area contributed by atoms with Crippen LogP contribution in [0.2, 0.25) is 0 Å². The van der Waals surface area contributed by atoms with Crippen molar-refractivity contribution in [3.8, 4) is 0 Å². The summed E-state index contributed by atoms with van der Waals surface area (Å²) in [5.41, 5.74) is 0.945. The first-order valence-corrected chi connectivity index (χ1v) is 8.24. The highest BCUT2D eigenvalue weighted by Crippen LogP contribution is 2.22. The molecule has 2 rings (SSSR count). The molecule has 6 nitrogen and oxygen atoms in total. The number of aryl methyl sites for hydroxylation is 1. The third-order valence-electron chi connectivity index (χ3n) is 3.46. The quantitative estimate of drug-likeness (QED) is 0.882. The Morgan fingerprint density at radius 1 is 1.35 bits per heavy atom. The van der Waals surface area contributed by atoms with Crippen molar-refractivity contribution in [3.05, 3.63) is 18.0 Å². The number of ether oxygens (including phenoxy) is 1. The summed E-state index contributed by atoms with van der Waals surface area (Å²) in [6.45, 7) is 5.25. The van der Waals surface area contributed by atoms with Crippen LogP contribution >= 0.6 is 0 Å². The van der Waals surface area contributed by atoms with E-state index in [9.17, 15) is 8.42 Å². The first kappa shape index (κ1) is 15.5. The van der Waals surface area contributed by atoms with Gasteiger partial charge in [0.25, 0.3) is 0 Å². The van der Waals surface area contributed by atoms with Gasteiger partial charge in [0.2, 0.25) is 10.0 Å². The summed E-state index contributed by atoms with van der Waals surface area (Å²) in [6.07, 6.45) is 1.52. The number of nitrogens with zero attached hydrogens (tertiary/aromatic N) is 2. The van der Waals surface area contributed by atoms with E-state index in [0.29, 0.717) is 24.5 Å². The van der Waals surface area contributed by atoms with Crippen molar-refractivity contribution in [3.63, 3.8) is 0 Å². The molecule has 1 saturated heterocycles. The topological polar surface area (TPSA) is 63.6 Å². The van der Waals surface area contributed by atoms with Crippen LogP contribution in [0.5, 0.6) is 0 Å². The fourth-order valence-electron chi connectivity index (χ4n) is 2.55. The number of hydrogen-bond donors (Lipinski definition) is 1. The van der Waals surface area contributed by atoms with Gasteiger partial charge in [-0.25, -0.2) is 8.42 Å². The zero-order chi connectivity index (χ0) is 14.9. The third-order valence-corrected chi connectivity index (χ3v) is 5.26. The van der Waals surface area contributed by atoms with E-state index in [-0.39, 0.29) is 12.2 Å². The largest absolute Gasteiger partial charge is 0.373 e. The van der Waals surface area contributed by atoms with Gasteiger partial charge in [0.15, 0.2) is 0 Å². The van der Waals surface area contributed by atoms with E-state index < -0.39 is 10.0 Å². The molecule has 0 spiro atoms. The van der Waals surface area contributed by atoms with Gasteiger partial charge in [-0.05, 0) is 27.0 Å². The molecule has 2 atom stereocenters. The van der Waals surface area contributed by atoms with Crippen LogP contribution < -0.4 is 5.32 Å². The van der Waals surface area contributed by atoms with Crippen LogP contribution in [0.3, 0.4) is 0 Å². The van der Waals surface area contributed by atoms with Gasteiger partial charge in [-0.15, -0.1) is 0 Å². The van der Waals surface area contributed by atoms with Crippen molar-refractivity contribution in [1.82, 2.24) is 14.2 Å². The monoisotopic (exact) mass is 301 g/mol. The summed E-state index contributed by atoms with van der Waals surface area (Å²) in [6, 6.07) is 1.73. The smallest absolute Gasteiger partial charge is 0.244 e. The van der Waals surface area contributed by atoms with Gasteiger partial charge < -0.3 is 14.6 Å². The lowest BCUT2D eigenvalue weighted by Gasteiger charge is -2.34. The number of sulfonamides is 1. The molecule has 20 heavy (non-hydrogen) atoms. The van der Waals surface area contributed by atoms with Crippen molar-refractivity contribution < 1.29 is 13.2 Å². The van der Waals surface area contributed by atoms with Crippen LogP contribution in [0.15, 0.2) is 17.2 Å². The van der Waals surface area contributed by atoms with Crippen LogP contribution in [0.25, 0.3) is 0 Å². The Kier molecular flexibility index (Phi) is 4.53. The maximum absolute atomic E-state index is 12.7. The van der Waals surface area contributed by atoms with E-state index in [4.69, 9.17) is 4.74 Å². The minimum Gasteiger partial charge on any atom is -0.373 e. The highest BCUT2D eigenvalue weighted by molar-refractivity contribution is 7.89. The van der Waals surface area contributed by atoms with Gasteiger partial charge in [0, 0.05) is 38.6 Å². The van der Waals surface area contributed by atoms with Crippen molar-refractivity contribution in [2.45, 2.75) is 37.5 Å². The number of rotatable bonds is 4. The Balaban J connectivity index is 2.27. The van der Waals surface area contributed by atoms with E-state index in [1.54, 1.807) is 12.3 Å². The van der Waals surface area contributed by atoms with E-state index in [2.05, 4.69) is 5.32 Å². The standard InChI is InChI=1S/C13H23N3O3S/c1-10-7-16(8-11(2)19-10)20(17,18)13-5-12(6-14-3)15(4)9-13/h5,9-11,14H,6-8H2,1-4H3/t10-,11+. The van der Waals surface area contributed by atoms with E-state index in [0.717, 1.165) is 5.69 Å². The van der Waals surface area contributed by atoms with Crippen LogP contribution in [-0.4, -0.2) is 49.6 Å². The molecule has 0 saturated carbocycles. The molecule has 0 radical (unpaired) electrons. The van der Waals surface area contributed by atoms with Crippen LogP contribution in [0.4, 0.5) is 0 Å². The summed E-state index contributed by atoms with van der Waals surface area (Å²) in [4.78, 5) is 0.353. The summed E-state index contributed by atoms with van der Waals surface area (Å²) in [5.74, 6) is 0. The second-order valence-electron chi connectivity index (χ2n) is 5.39. The number of hydrogen-bond acceptors (Lipinski definition) is 4. The molecule has 1 N–H and O–H groups in total. The summed E-state index contributed by atoms with van der Waals surface area (Å²) >= 11 is 0. The molecule has 114 valence electrons. The molecule has 1 aliphatic heterocycles. The second-order valence-corrected chi connectivity index (χ2v) is 7.33. The van der Waals surface area contributed by atoms with Gasteiger partial charge >= 0.3 is 0 Å². The maximum atomic E-state index is 12.7. The minimum atomic E-state index is -3.44. The molecule has 7 heteroatoms. The fourth-order valence-corrected chi connectivity index (χ4v) is 4.24. The molecule has 0 unspecified atom stereocenters. The Hall–Kier alpha value is -0.890. The highest BCUT2D eigenvalue weighted by Gasteiger charge is 2.32. The lowest BCUT2D eigenvalue weighted by Crippen LogP contribution is -2.48. The fraction of sp³-hybridized carbons (Fsp3) is 0.692. The molecule has 0 amide bonds. The summed E-state index contributed by atoms with van der Waals surface area (Å²) < 4.78 is 34.3. The highest BCUT2D eigenvalue weighted by atomic mass is 32.2. The van der Waals surface area contributed by atoms with Gasteiger partial charge in [-0.1, -0.05) is 0 Å². The number of morpholine rings is 1. The Morgan fingerprint density at radius 3 is 2.50 bits per heavy atom. The lowest BCUT2D eigenvalue weighted by molar-refractivity contribution is -0.0440. The summed E-state index contributed by atoms with van der Waals surface area (Å²) in [7, 11) is 0.254. The molecule has 0 aromatic carbocycles. The molecule has 1 aromatic heterocycles. The molecule has 1 aliphatic rings. The van der Waals surface area contributed by atoms with Crippen molar-refractivity contribution in [2.24, 2.45) is 7.05 Å². The maximum Gasteiger partial charge on any atom is 0.244 e. The molecule has 2 heterocycles. The average molecular weight is 301 g/mol. The Morgan fingerprint density at radius 2 is 1.95 bits per heavy atom. The SMILES string of the molecule is CNCc1cc(S(=O)(=O)N2C[C@@H](C)O[C@@H](C)C2)cn1C. The van der Waals surface area contributed by atoms with Gasteiger partial charge in [-0.3, -0.25) is 0 Å². The zero-order valence-corrected chi connectivity index (χ0v) is 13.3. The van der Waals surface area contributed by atoms with E-state index in [1.807, 2.05) is 32.5 Å².